The minimum Gasteiger partial charge on any atom is -0.335 e. The topological polar surface area (TPSA) is 84.5 Å². The predicted molar refractivity (Wildman–Crippen MR) is 102 cm³/mol. The molecule has 10 heteroatoms. The van der Waals surface area contributed by atoms with Gasteiger partial charge < -0.3 is 4.90 Å². The summed E-state index contributed by atoms with van der Waals surface area (Å²) < 4.78 is 1.29. The zero-order chi connectivity index (χ0) is 19.7. The predicted octanol–water partition coefficient (Wildman–Crippen LogP) is 2.90. The first kappa shape index (κ1) is 19.6. The molecule has 1 aromatic carbocycles. The van der Waals surface area contributed by atoms with Crippen LogP contribution in [0.2, 0.25) is 10.0 Å². The van der Waals surface area contributed by atoms with Gasteiger partial charge in [0.05, 0.1) is 4.92 Å². The summed E-state index contributed by atoms with van der Waals surface area (Å²) in [6.07, 6.45) is 0. The maximum absolute atomic E-state index is 12.8. The van der Waals surface area contributed by atoms with E-state index in [4.69, 9.17) is 23.2 Å². The van der Waals surface area contributed by atoms with E-state index in [1.54, 1.807) is 24.1 Å². The minimum atomic E-state index is -0.547. The zero-order valence-corrected chi connectivity index (χ0v) is 16.5. The molecule has 2 aromatic rings. The van der Waals surface area contributed by atoms with Gasteiger partial charge in [-0.3, -0.25) is 24.5 Å². The zero-order valence-electron chi connectivity index (χ0n) is 15.0. The van der Waals surface area contributed by atoms with Crippen LogP contribution in [0.15, 0.2) is 18.2 Å². The van der Waals surface area contributed by atoms with Crippen LogP contribution in [-0.2, 0) is 13.6 Å². The fraction of sp³-hybridized carbons (Fsp3) is 0.412. The van der Waals surface area contributed by atoms with E-state index in [0.717, 1.165) is 5.56 Å². The summed E-state index contributed by atoms with van der Waals surface area (Å²) in [5.41, 5.74) is 1.00. The van der Waals surface area contributed by atoms with Crippen molar-refractivity contribution in [1.82, 2.24) is 19.6 Å². The Labute approximate surface area is 166 Å². The Bertz CT molecular complexity index is 891. The standard InChI is InChI=1S/C17H19Cl2N5O3/c1-11-15(24(26)27)16(21(2)20-11)17(25)23-7-5-22(6-8-23)10-12-3-4-13(18)9-14(12)19/h3-4,9H,5-8,10H2,1-2H3. The van der Waals surface area contributed by atoms with Crippen molar-refractivity contribution in [2.45, 2.75) is 13.5 Å². The van der Waals surface area contributed by atoms with E-state index < -0.39 is 4.92 Å². The van der Waals surface area contributed by atoms with Crippen LogP contribution in [0.3, 0.4) is 0 Å². The second-order valence-electron chi connectivity index (χ2n) is 6.47. The molecule has 0 atom stereocenters. The van der Waals surface area contributed by atoms with E-state index in [-0.39, 0.29) is 23.0 Å². The molecule has 2 heterocycles. The molecule has 27 heavy (non-hydrogen) atoms. The molecule has 0 spiro atoms. The van der Waals surface area contributed by atoms with Crippen molar-refractivity contribution in [1.29, 1.82) is 0 Å². The lowest BCUT2D eigenvalue weighted by Crippen LogP contribution is -2.48. The highest BCUT2D eigenvalue weighted by Gasteiger charge is 2.33. The molecule has 0 unspecified atom stereocenters. The average Bonchev–Trinajstić information content (AvgIpc) is 2.91. The van der Waals surface area contributed by atoms with Crippen LogP contribution in [-0.4, -0.2) is 56.6 Å². The highest BCUT2D eigenvalue weighted by molar-refractivity contribution is 6.35. The number of nitro groups is 1. The number of rotatable bonds is 4. The van der Waals surface area contributed by atoms with Crippen LogP contribution < -0.4 is 0 Å². The van der Waals surface area contributed by atoms with Crippen molar-refractivity contribution in [2.24, 2.45) is 7.05 Å². The number of aromatic nitrogens is 2. The first-order valence-electron chi connectivity index (χ1n) is 8.41. The Kier molecular flexibility index (Phi) is 5.69. The molecule has 1 aliphatic rings. The maximum atomic E-state index is 12.8. The lowest BCUT2D eigenvalue weighted by Gasteiger charge is -2.34. The van der Waals surface area contributed by atoms with Crippen molar-refractivity contribution in [2.75, 3.05) is 26.2 Å². The second-order valence-corrected chi connectivity index (χ2v) is 7.31. The maximum Gasteiger partial charge on any atom is 0.322 e. The molecule has 1 aliphatic heterocycles. The smallest absolute Gasteiger partial charge is 0.322 e. The van der Waals surface area contributed by atoms with E-state index in [9.17, 15) is 14.9 Å². The number of benzene rings is 1. The van der Waals surface area contributed by atoms with Gasteiger partial charge in [0.15, 0.2) is 0 Å². The first-order valence-corrected chi connectivity index (χ1v) is 9.17. The molecule has 1 amide bonds. The van der Waals surface area contributed by atoms with Gasteiger partial charge in [-0.2, -0.15) is 5.10 Å². The fourth-order valence-corrected chi connectivity index (χ4v) is 3.72. The largest absolute Gasteiger partial charge is 0.335 e. The molecule has 0 radical (unpaired) electrons. The summed E-state index contributed by atoms with van der Waals surface area (Å²) in [4.78, 5) is 27.4. The Morgan fingerprint density at radius 3 is 2.52 bits per heavy atom. The molecular formula is C17H19Cl2N5O3. The fourth-order valence-electron chi connectivity index (χ4n) is 3.25. The second kappa shape index (κ2) is 7.84. The number of carbonyl (C=O) groups is 1. The molecule has 1 saturated heterocycles. The number of aryl methyl sites for hydroxylation is 2. The van der Waals surface area contributed by atoms with Gasteiger partial charge in [-0.05, 0) is 24.6 Å². The Morgan fingerprint density at radius 1 is 1.26 bits per heavy atom. The Hall–Kier alpha value is -2.16. The number of piperazine rings is 1. The number of halogens is 2. The summed E-state index contributed by atoms with van der Waals surface area (Å²) in [5, 5.41) is 16.5. The van der Waals surface area contributed by atoms with Crippen molar-refractivity contribution in [3.63, 3.8) is 0 Å². The molecule has 3 rings (SSSR count). The molecule has 0 saturated carbocycles. The van der Waals surface area contributed by atoms with Crippen LogP contribution in [0.4, 0.5) is 5.69 Å². The highest BCUT2D eigenvalue weighted by atomic mass is 35.5. The van der Waals surface area contributed by atoms with Crippen molar-refractivity contribution in [3.8, 4) is 0 Å². The molecular weight excluding hydrogens is 393 g/mol. The van der Waals surface area contributed by atoms with Gasteiger partial charge in [0.1, 0.15) is 5.69 Å². The SMILES string of the molecule is Cc1nn(C)c(C(=O)N2CCN(Cc3ccc(Cl)cc3Cl)CC2)c1[N+](=O)[O-]. The molecule has 144 valence electrons. The summed E-state index contributed by atoms with van der Waals surface area (Å²) in [5.74, 6) is -0.367. The summed E-state index contributed by atoms with van der Waals surface area (Å²) >= 11 is 12.1. The van der Waals surface area contributed by atoms with E-state index in [2.05, 4.69) is 10.00 Å². The molecule has 0 N–H and O–H groups in total. The third kappa shape index (κ3) is 4.07. The van der Waals surface area contributed by atoms with Crippen LogP contribution >= 0.6 is 23.2 Å². The minimum absolute atomic E-state index is 0.0201. The van der Waals surface area contributed by atoms with E-state index in [1.807, 2.05) is 6.07 Å². The molecule has 1 fully saturated rings. The molecule has 8 nitrogen and oxygen atoms in total. The number of hydrogen-bond acceptors (Lipinski definition) is 5. The van der Waals surface area contributed by atoms with Crippen LogP contribution in [0.5, 0.6) is 0 Å². The van der Waals surface area contributed by atoms with Crippen LogP contribution in [0, 0.1) is 17.0 Å². The third-order valence-electron chi connectivity index (χ3n) is 4.64. The molecule has 0 aliphatic carbocycles. The summed E-state index contributed by atoms with van der Waals surface area (Å²) in [7, 11) is 1.55. The van der Waals surface area contributed by atoms with Crippen molar-refractivity contribution in [3.05, 3.63) is 55.3 Å². The van der Waals surface area contributed by atoms with Gasteiger partial charge in [0.25, 0.3) is 5.91 Å². The lowest BCUT2D eigenvalue weighted by molar-refractivity contribution is -0.385. The normalized spacial score (nSPS) is 15.2. The Balaban J connectivity index is 1.67. The number of hydrogen-bond donors (Lipinski definition) is 0. The molecule has 1 aromatic heterocycles. The summed E-state index contributed by atoms with van der Waals surface area (Å²) in [6.45, 7) is 4.44. The number of amides is 1. The Morgan fingerprint density at radius 2 is 1.93 bits per heavy atom. The van der Waals surface area contributed by atoms with Gasteiger partial charge in [0.2, 0.25) is 5.69 Å². The molecule has 0 bridgehead atoms. The van der Waals surface area contributed by atoms with Crippen LogP contribution in [0.1, 0.15) is 21.7 Å². The monoisotopic (exact) mass is 411 g/mol. The average molecular weight is 412 g/mol. The van der Waals surface area contributed by atoms with Gasteiger partial charge in [-0.15, -0.1) is 0 Å². The van der Waals surface area contributed by atoms with Gasteiger partial charge in [-0.25, -0.2) is 0 Å². The van der Waals surface area contributed by atoms with Crippen molar-refractivity contribution >= 4 is 34.8 Å². The van der Waals surface area contributed by atoms with E-state index >= 15 is 0 Å². The summed E-state index contributed by atoms with van der Waals surface area (Å²) in [6, 6.07) is 5.40. The number of carbonyl (C=O) groups excluding carboxylic acids is 1. The van der Waals surface area contributed by atoms with Gasteiger partial charge in [-0.1, -0.05) is 29.3 Å². The highest BCUT2D eigenvalue weighted by Crippen LogP contribution is 2.25. The lowest BCUT2D eigenvalue weighted by atomic mass is 10.2. The van der Waals surface area contributed by atoms with E-state index in [0.29, 0.717) is 42.8 Å². The quantitative estimate of drug-likeness (QED) is 0.570. The van der Waals surface area contributed by atoms with Crippen LogP contribution in [0.25, 0.3) is 0 Å². The van der Waals surface area contributed by atoms with Gasteiger partial charge >= 0.3 is 5.69 Å². The third-order valence-corrected chi connectivity index (χ3v) is 5.23. The first-order chi connectivity index (χ1) is 12.8. The number of nitrogens with zero attached hydrogens (tertiary/aromatic N) is 5. The van der Waals surface area contributed by atoms with Crippen molar-refractivity contribution < 1.29 is 9.72 Å². The van der Waals surface area contributed by atoms with Gasteiger partial charge in [0, 0.05) is 49.8 Å². The van der Waals surface area contributed by atoms with E-state index in [1.165, 1.54) is 11.6 Å².